The summed E-state index contributed by atoms with van der Waals surface area (Å²) in [6, 6.07) is 9.54. The van der Waals surface area contributed by atoms with Crippen LogP contribution in [0.5, 0.6) is 0 Å². The van der Waals surface area contributed by atoms with E-state index in [-0.39, 0.29) is 23.1 Å². The van der Waals surface area contributed by atoms with Crippen molar-refractivity contribution in [1.29, 1.82) is 0 Å². The van der Waals surface area contributed by atoms with Crippen molar-refractivity contribution in [2.45, 2.75) is 40.0 Å². The second-order valence-electron chi connectivity index (χ2n) is 7.20. The van der Waals surface area contributed by atoms with E-state index >= 15 is 0 Å². The monoisotopic (exact) mass is 302 g/mol. The molecule has 0 radical (unpaired) electrons. The first-order chi connectivity index (χ1) is 10.4. The van der Waals surface area contributed by atoms with Gasteiger partial charge in [0.25, 0.3) is 0 Å². The number of hydrogen-bond donors (Lipinski definition) is 1. The fourth-order valence-electron chi connectivity index (χ4n) is 2.72. The predicted molar refractivity (Wildman–Crippen MR) is 88.6 cm³/mol. The van der Waals surface area contributed by atoms with Crippen LogP contribution in [0.25, 0.3) is 0 Å². The maximum absolute atomic E-state index is 12.2. The molecule has 1 saturated heterocycles. The predicted octanol–water partition coefficient (Wildman–Crippen LogP) is 2.98. The molecule has 0 aliphatic carbocycles. The van der Waals surface area contributed by atoms with Gasteiger partial charge in [-0.15, -0.1) is 0 Å². The van der Waals surface area contributed by atoms with Gasteiger partial charge in [0.2, 0.25) is 11.8 Å². The van der Waals surface area contributed by atoms with Crippen molar-refractivity contribution in [2.24, 2.45) is 11.3 Å². The summed E-state index contributed by atoms with van der Waals surface area (Å²) >= 11 is 0. The Morgan fingerprint density at radius 3 is 2.59 bits per heavy atom. The van der Waals surface area contributed by atoms with Crippen molar-refractivity contribution in [3.63, 3.8) is 0 Å². The van der Waals surface area contributed by atoms with Crippen molar-refractivity contribution < 1.29 is 9.59 Å². The zero-order chi connectivity index (χ0) is 16.2. The third-order valence-corrected chi connectivity index (χ3v) is 3.97. The van der Waals surface area contributed by atoms with Crippen LogP contribution >= 0.6 is 0 Å². The number of nitrogens with zero attached hydrogens (tertiary/aromatic N) is 1. The molecule has 0 aromatic heterocycles. The number of carbonyl (C=O) groups excluding carboxylic acids is 2. The van der Waals surface area contributed by atoms with Crippen LogP contribution < -0.4 is 10.2 Å². The number of rotatable bonds is 5. The SMILES string of the molecule is CC(C)(C)CCCNC(=O)C1CC(=O)N(c2ccccc2)C1. The highest BCUT2D eigenvalue weighted by atomic mass is 16.2. The fraction of sp³-hybridized carbons (Fsp3) is 0.556. The van der Waals surface area contributed by atoms with Gasteiger partial charge in [0.1, 0.15) is 0 Å². The van der Waals surface area contributed by atoms with Gasteiger partial charge in [-0.2, -0.15) is 0 Å². The number of carbonyl (C=O) groups is 2. The van der Waals surface area contributed by atoms with Crippen LogP contribution in [0.15, 0.2) is 30.3 Å². The Morgan fingerprint density at radius 1 is 1.27 bits per heavy atom. The third kappa shape index (κ3) is 4.58. The average Bonchev–Trinajstić information content (AvgIpc) is 2.85. The normalized spacial score (nSPS) is 18.6. The van der Waals surface area contributed by atoms with E-state index in [0.29, 0.717) is 19.5 Å². The highest BCUT2D eigenvalue weighted by molar-refractivity contribution is 6.00. The summed E-state index contributed by atoms with van der Waals surface area (Å²) in [4.78, 5) is 26.0. The molecule has 1 aliphatic heterocycles. The highest BCUT2D eigenvalue weighted by Gasteiger charge is 2.34. The molecule has 22 heavy (non-hydrogen) atoms. The molecule has 1 aromatic carbocycles. The minimum absolute atomic E-state index is 0.000639. The van der Waals surface area contributed by atoms with E-state index in [1.807, 2.05) is 30.3 Å². The lowest BCUT2D eigenvalue weighted by Gasteiger charge is -2.18. The van der Waals surface area contributed by atoms with Gasteiger partial charge >= 0.3 is 0 Å². The van der Waals surface area contributed by atoms with Crippen molar-refractivity contribution in [1.82, 2.24) is 5.32 Å². The molecule has 2 rings (SSSR count). The number of para-hydroxylation sites is 1. The molecule has 4 nitrogen and oxygen atoms in total. The summed E-state index contributed by atoms with van der Waals surface area (Å²) < 4.78 is 0. The molecule has 0 spiro atoms. The van der Waals surface area contributed by atoms with Gasteiger partial charge in [0.15, 0.2) is 0 Å². The number of nitrogens with one attached hydrogen (secondary N) is 1. The van der Waals surface area contributed by atoms with Crippen molar-refractivity contribution in [3.05, 3.63) is 30.3 Å². The van der Waals surface area contributed by atoms with Crippen molar-refractivity contribution in [3.8, 4) is 0 Å². The van der Waals surface area contributed by atoms with E-state index in [9.17, 15) is 9.59 Å². The lowest BCUT2D eigenvalue weighted by molar-refractivity contribution is -0.126. The second-order valence-corrected chi connectivity index (χ2v) is 7.20. The molecule has 1 N–H and O–H groups in total. The van der Waals surface area contributed by atoms with Gasteiger partial charge in [-0.3, -0.25) is 9.59 Å². The lowest BCUT2D eigenvalue weighted by Crippen LogP contribution is -2.33. The molecule has 1 aromatic rings. The molecule has 120 valence electrons. The van der Waals surface area contributed by atoms with Crippen LogP contribution in [-0.4, -0.2) is 24.9 Å². The number of benzene rings is 1. The molecular weight excluding hydrogens is 276 g/mol. The number of anilines is 1. The van der Waals surface area contributed by atoms with Crippen LogP contribution in [-0.2, 0) is 9.59 Å². The first-order valence-corrected chi connectivity index (χ1v) is 8.00. The Balaban J connectivity index is 1.82. The summed E-state index contributed by atoms with van der Waals surface area (Å²) in [6.07, 6.45) is 2.35. The smallest absolute Gasteiger partial charge is 0.227 e. The van der Waals surface area contributed by atoms with Gasteiger partial charge in [0, 0.05) is 25.2 Å². The first kappa shape index (κ1) is 16.5. The Hall–Kier alpha value is -1.84. The summed E-state index contributed by atoms with van der Waals surface area (Å²) in [5, 5.41) is 2.97. The number of amides is 2. The summed E-state index contributed by atoms with van der Waals surface area (Å²) in [7, 11) is 0. The summed E-state index contributed by atoms with van der Waals surface area (Å²) in [5.41, 5.74) is 1.16. The largest absolute Gasteiger partial charge is 0.356 e. The maximum Gasteiger partial charge on any atom is 0.227 e. The van der Waals surface area contributed by atoms with Crippen LogP contribution in [0.2, 0.25) is 0 Å². The molecule has 0 saturated carbocycles. The molecule has 1 heterocycles. The Morgan fingerprint density at radius 2 is 1.95 bits per heavy atom. The highest BCUT2D eigenvalue weighted by Crippen LogP contribution is 2.25. The molecule has 1 fully saturated rings. The van der Waals surface area contributed by atoms with E-state index in [0.717, 1.165) is 18.5 Å². The minimum atomic E-state index is -0.234. The lowest BCUT2D eigenvalue weighted by atomic mass is 9.90. The number of hydrogen-bond acceptors (Lipinski definition) is 2. The zero-order valence-electron chi connectivity index (χ0n) is 13.8. The van der Waals surface area contributed by atoms with E-state index in [1.165, 1.54) is 0 Å². The van der Waals surface area contributed by atoms with Crippen molar-refractivity contribution in [2.75, 3.05) is 18.0 Å². The van der Waals surface area contributed by atoms with Gasteiger partial charge in [-0.1, -0.05) is 39.0 Å². The molecule has 2 amide bonds. The van der Waals surface area contributed by atoms with Gasteiger partial charge in [0.05, 0.1) is 5.92 Å². The fourth-order valence-corrected chi connectivity index (χ4v) is 2.72. The average molecular weight is 302 g/mol. The maximum atomic E-state index is 12.2. The van der Waals surface area contributed by atoms with Crippen LogP contribution in [0.1, 0.15) is 40.0 Å². The molecule has 1 unspecified atom stereocenters. The van der Waals surface area contributed by atoms with Crippen LogP contribution in [0, 0.1) is 11.3 Å². The van der Waals surface area contributed by atoms with Crippen LogP contribution in [0.3, 0.4) is 0 Å². The molecular formula is C18H26N2O2. The van der Waals surface area contributed by atoms with Crippen molar-refractivity contribution >= 4 is 17.5 Å². The topological polar surface area (TPSA) is 49.4 Å². The van der Waals surface area contributed by atoms with Gasteiger partial charge < -0.3 is 10.2 Å². The molecule has 4 heteroatoms. The van der Waals surface area contributed by atoms with Gasteiger partial charge in [-0.05, 0) is 30.4 Å². The summed E-state index contributed by atoms with van der Waals surface area (Å²) in [5.74, 6) is -0.205. The van der Waals surface area contributed by atoms with Gasteiger partial charge in [-0.25, -0.2) is 0 Å². The quantitative estimate of drug-likeness (QED) is 0.850. The standard InChI is InChI=1S/C18H26N2O2/c1-18(2,3)10-7-11-19-17(22)14-12-16(21)20(13-14)15-8-5-4-6-9-15/h4-6,8-9,14H,7,10-13H2,1-3H3,(H,19,22). The second kappa shape index (κ2) is 6.95. The van der Waals surface area contributed by atoms with E-state index < -0.39 is 0 Å². The first-order valence-electron chi connectivity index (χ1n) is 8.00. The van der Waals surface area contributed by atoms with E-state index in [2.05, 4.69) is 26.1 Å². The zero-order valence-corrected chi connectivity index (χ0v) is 13.8. The Kier molecular flexibility index (Phi) is 5.22. The van der Waals surface area contributed by atoms with E-state index in [4.69, 9.17) is 0 Å². The summed E-state index contributed by atoms with van der Waals surface area (Å²) in [6.45, 7) is 7.76. The third-order valence-electron chi connectivity index (χ3n) is 3.97. The molecule has 0 bridgehead atoms. The Labute approximate surface area is 132 Å². The molecule has 1 atom stereocenters. The minimum Gasteiger partial charge on any atom is -0.356 e. The Bertz CT molecular complexity index is 520. The van der Waals surface area contributed by atoms with Crippen LogP contribution in [0.4, 0.5) is 5.69 Å². The van der Waals surface area contributed by atoms with E-state index in [1.54, 1.807) is 4.90 Å². The molecule has 1 aliphatic rings.